The molecule has 0 aliphatic carbocycles. The number of halogens is 3. The van der Waals surface area contributed by atoms with Crippen molar-refractivity contribution in [3.63, 3.8) is 0 Å². The van der Waals surface area contributed by atoms with E-state index in [1.807, 2.05) is 0 Å². The average molecular weight is 384 g/mol. The zero-order chi connectivity index (χ0) is 18.9. The number of nitrogens with one attached hydrogen (secondary N) is 3. The summed E-state index contributed by atoms with van der Waals surface area (Å²) in [4.78, 5) is 36.5. The zero-order valence-electron chi connectivity index (χ0n) is 12.8. The molecule has 0 atom stereocenters. The number of nitrogens with zero attached hydrogens (tertiary/aromatic N) is 2. The van der Waals surface area contributed by atoms with Crippen LogP contribution in [0.4, 0.5) is 24.8 Å². The van der Waals surface area contributed by atoms with Gasteiger partial charge in [0.2, 0.25) is 11.9 Å². The smallest absolute Gasteiger partial charge is 0.369 e. The Hall–Kier alpha value is -3.02. The van der Waals surface area contributed by atoms with Crippen LogP contribution in [0.15, 0.2) is 34.2 Å². The summed E-state index contributed by atoms with van der Waals surface area (Å²) in [5.41, 5.74) is 4.30. The lowest BCUT2D eigenvalue weighted by Crippen LogP contribution is -2.15. The molecular weight excluding hydrogens is 373 g/mol. The Kier molecular flexibility index (Phi) is 4.59. The van der Waals surface area contributed by atoms with Crippen molar-refractivity contribution in [3.05, 3.63) is 40.2 Å². The van der Waals surface area contributed by atoms with Crippen LogP contribution in [0.2, 0.25) is 0 Å². The molecule has 12 heteroatoms. The van der Waals surface area contributed by atoms with E-state index in [2.05, 4.69) is 25.3 Å². The first-order valence-corrected chi connectivity index (χ1v) is 8.06. The van der Waals surface area contributed by atoms with Gasteiger partial charge in [0, 0.05) is 5.69 Å². The number of carbonyl (C=O) groups is 1. The van der Waals surface area contributed by atoms with Crippen molar-refractivity contribution in [1.82, 2.24) is 19.9 Å². The number of amides is 1. The zero-order valence-corrected chi connectivity index (χ0v) is 13.7. The van der Waals surface area contributed by atoms with Crippen LogP contribution in [-0.4, -0.2) is 31.6 Å². The maximum Gasteiger partial charge on any atom is 0.416 e. The Labute approximate surface area is 147 Å². The van der Waals surface area contributed by atoms with Crippen LogP contribution in [0.1, 0.15) is 5.56 Å². The van der Waals surface area contributed by atoms with Gasteiger partial charge in [0.1, 0.15) is 0 Å². The summed E-state index contributed by atoms with van der Waals surface area (Å²) < 4.78 is 38.0. The molecule has 0 fully saturated rings. The molecule has 1 aromatic carbocycles. The standard InChI is InChI=1S/C14H11F3N6O2S/c15-14(16,17)6-2-1-3-7(4-6)19-8(24)5-26-13-20-9-10(22-13)21-12(18)23-11(9)25/h1-4H,5H2,(H,19,24)(H4,18,20,21,22,23,25). The third kappa shape index (κ3) is 3.96. The third-order valence-corrected chi connectivity index (χ3v) is 4.04. The van der Waals surface area contributed by atoms with Crippen LogP contribution in [0, 0.1) is 0 Å². The summed E-state index contributed by atoms with van der Waals surface area (Å²) >= 11 is 0.963. The first kappa shape index (κ1) is 17.8. The predicted octanol–water partition coefficient (Wildman–Crippen LogP) is 1.98. The van der Waals surface area contributed by atoms with E-state index in [9.17, 15) is 22.8 Å². The Morgan fingerprint density at radius 3 is 2.77 bits per heavy atom. The Morgan fingerprint density at radius 2 is 2.04 bits per heavy atom. The highest BCUT2D eigenvalue weighted by atomic mass is 32.2. The fourth-order valence-electron chi connectivity index (χ4n) is 2.08. The maximum absolute atomic E-state index is 12.7. The summed E-state index contributed by atoms with van der Waals surface area (Å²) in [6, 6.07) is 4.31. The number of imidazole rings is 1. The molecular formula is C14H11F3N6O2S. The molecule has 0 aliphatic rings. The summed E-state index contributed by atoms with van der Waals surface area (Å²) in [6.45, 7) is 0. The topological polar surface area (TPSA) is 130 Å². The molecule has 3 aromatic rings. The fraction of sp³-hybridized carbons (Fsp3) is 0.143. The number of anilines is 2. The second-order valence-corrected chi connectivity index (χ2v) is 6.07. The molecule has 2 aromatic heterocycles. The summed E-state index contributed by atoms with van der Waals surface area (Å²) in [7, 11) is 0. The van der Waals surface area contributed by atoms with Gasteiger partial charge in [-0.05, 0) is 18.2 Å². The van der Waals surface area contributed by atoms with Crippen LogP contribution < -0.4 is 16.6 Å². The second-order valence-electron chi connectivity index (χ2n) is 5.11. The molecule has 8 nitrogen and oxygen atoms in total. The molecule has 0 saturated heterocycles. The quantitative estimate of drug-likeness (QED) is 0.509. The largest absolute Gasteiger partial charge is 0.416 e. The molecule has 26 heavy (non-hydrogen) atoms. The van der Waals surface area contributed by atoms with E-state index in [0.29, 0.717) is 0 Å². The Bertz CT molecular complexity index is 1030. The van der Waals surface area contributed by atoms with Crippen molar-refractivity contribution >= 4 is 40.5 Å². The van der Waals surface area contributed by atoms with Gasteiger partial charge in [0.15, 0.2) is 16.3 Å². The van der Waals surface area contributed by atoms with Crippen LogP contribution in [0.3, 0.4) is 0 Å². The number of carbonyl (C=O) groups excluding carboxylic acids is 1. The van der Waals surface area contributed by atoms with Crippen LogP contribution in [0.5, 0.6) is 0 Å². The van der Waals surface area contributed by atoms with Crippen molar-refractivity contribution in [2.75, 3.05) is 16.8 Å². The Balaban J connectivity index is 1.66. The number of aromatic amines is 2. The number of thioether (sulfide) groups is 1. The van der Waals surface area contributed by atoms with Crippen LogP contribution in [-0.2, 0) is 11.0 Å². The summed E-state index contributed by atoms with van der Waals surface area (Å²) in [6.07, 6.45) is -4.49. The van der Waals surface area contributed by atoms with E-state index in [0.717, 1.165) is 23.9 Å². The lowest BCUT2D eigenvalue weighted by atomic mass is 10.2. The molecule has 0 unspecified atom stereocenters. The summed E-state index contributed by atoms with van der Waals surface area (Å²) in [5.74, 6) is -0.757. The third-order valence-electron chi connectivity index (χ3n) is 3.17. The maximum atomic E-state index is 12.7. The molecule has 0 bridgehead atoms. The van der Waals surface area contributed by atoms with Gasteiger partial charge in [-0.1, -0.05) is 17.8 Å². The number of rotatable bonds is 4. The average Bonchev–Trinajstić information content (AvgIpc) is 2.96. The highest BCUT2D eigenvalue weighted by Gasteiger charge is 2.30. The minimum absolute atomic E-state index is 0.0286. The second kappa shape index (κ2) is 6.71. The van der Waals surface area contributed by atoms with Gasteiger partial charge in [0.05, 0.1) is 11.3 Å². The molecule has 136 valence electrons. The monoisotopic (exact) mass is 384 g/mol. The number of aromatic nitrogens is 4. The highest BCUT2D eigenvalue weighted by Crippen LogP contribution is 2.30. The number of nitrogens with two attached hydrogens (primary N) is 1. The van der Waals surface area contributed by atoms with E-state index in [4.69, 9.17) is 5.73 Å². The number of nitrogen functional groups attached to an aromatic ring is 1. The van der Waals surface area contributed by atoms with Crippen molar-refractivity contribution in [2.45, 2.75) is 11.3 Å². The van der Waals surface area contributed by atoms with Crippen molar-refractivity contribution in [3.8, 4) is 0 Å². The predicted molar refractivity (Wildman–Crippen MR) is 89.7 cm³/mol. The van der Waals surface area contributed by atoms with Gasteiger partial charge in [-0.3, -0.25) is 14.6 Å². The lowest BCUT2D eigenvalue weighted by Gasteiger charge is -2.09. The number of benzene rings is 1. The number of hydrogen-bond donors (Lipinski definition) is 4. The van der Waals surface area contributed by atoms with Gasteiger partial charge in [0.25, 0.3) is 5.56 Å². The molecule has 5 N–H and O–H groups in total. The SMILES string of the molecule is Nc1nc2nc(SCC(=O)Nc3cccc(C(F)(F)F)c3)[nH]c2c(=O)[nH]1. The van der Waals surface area contributed by atoms with Crippen molar-refractivity contribution < 1.29 is 18.0 Å². The van der Waals surface area contributed by atoms with Gasteiger partial charge >= 0.3 is 6.18 Å². The van der Waals surface area contributed by atoms with E-state index in [-0.39, 0.29) is 33.7 Å². The van der Waals surface area contributed by atoms with Crippen molar-refractivity contribution in [2.24, 2.45) is 0 Å². The van der Waals surface area contributed by atoms with E-state index >= 15 is 0 Å². The minimum atomic E-state index is -4.49. The number of fused-ring (bicyclic) bond motifs is 1. The van der Waals surface area contributed by atoms with E-state index in [1.54, 1.807) is 0 Å². The van der Waals surface area contributed by atoms with Gasteiger partial charge in [-0.15, -0.1) is 0 Å². The van der Waals surface area contributed by atoms with Gasteiger partial charge in [-0.25, -0.2) is 4.98 Å². The normalized spacial score (nSPS) is 11.7. The lowest BCUT2D eigenvalue weighted by molar-refractivity contribution is -0.137. The first-order valence-electron chi connectivity index (χ1n) is 7.08. The van der Waals surface area contributed by atoms with Gasteiger partial charge in [-0.2, -0.15) is 18.2 Å². The molecule has 3 rings (SSSR count). The first-order chi connectivity index (χ1) is 12.2. The fourth-order valence-corrected chi connectivity index (χ4v) is 2.74. The molecule has 0 radical (unpaired) electrons. The van der Waals surface area contributed by atoms with Crippen LogP contribution in [0.25, 0.3) is 11.2 Å². The Morgan fingerprint density at radius 1 is 1.27 bits per heavy atom. The highest BCUT2D eigenvalue weighted by molar-refractivity contribution is 7.99. The molecule has 0 aliphatic heterocycles. The van der Waals surface area contributed by atoms with E-state index < -0.39 is 23.2 Å². The minimum Gasteiger partial charge on any atom is -0.369 e. The summed E-state index contributed by atoms with van der Waals surface area (Å²) in [5, 5.41) is 2.63. The molecule has 1 amide bonds. The number of alkyl halides is 3. The van der Waals surface area contributed by atoms with Crippen molar-refractivity contribution in [1.29, 1.82) is 0 Å². The number of H-pyrrole nitrogens is 2. The van der Waals surface area contributed by atoms with Crippen LogP contribution >= 0.6 is 11.8 Å². The number of hydrogen-bond acceptors (Lipinski definition) is 6. The van der Waals surface area contributed by atoms with Gasteiger partial charge < -0.3 is 16.0 Å². The molecule has 0 saturated carbocycles. The molecule has 0 spiro atoms. The molecule has 2 heterocycles. The van der Waals surface area contributed by atoms with E-state index in [1.165, 1.54) is 12.1 Å².